The topological polar surface area (TPSA) is 337 Å². The van der Waals surface area contributed by atoms with E-state index in [1.165, 1.54) is 6.92 Å². The Labute approximate surface area is 434 Å². The van der Waals surface area contributed by atoms with Crippen molar-refractivity contribution in [1.29, 1.82) is 0 Å². The van der Waals surface area contributed by atoms with Gasteiger partial charge in [-0.05, 0) is 117 Å². The first-order valence-electron chi connectivity index (χ1n) is 26.9. The van der Waals surface area contributed by atoms with Crippen molar-refractivity contribution in [2.24, 2.45) is 45.3 Å². The lowest BCUT2D eigenvalue weighted by atomic mass is 9.35. The van der Waals surface area contributed by atoms with Crippen molar-refractivity contribution in [2.75, 3.05) is 26.4 Å². The molecule has 4 aliphatic heterocycles. The summed E-state index contributed by atoms with van der Waals surface area (Å²) in [6.07, 6.45) is -19.0. The van der Waals surface area contributed by atoms with Gasteiger partial charge in [0, 0.05) is 0 Å². The monoisotopic (exact) mass is 1060 g/mol. The van der Waals surface area contributed by atoms with Crippen LogP contribution in [0.4, 0.5) is 0 Å². The van der Waals surface area contributed by atoms with Gasteiger partial charge in [0.25, 0.3) is 0 Å². The highest BCUT2D eigenvalue weighted by Gasteiger charge is 2.70. The molecule has 0 amide bonds. The van der Waals surface area contributed by atoms with Crippen LogP contribution in [0, 0.1) is 45.3 Å². The molecule has 0 bridgehead atoms. The molecule has 4 saturated heterocycles. The standard InChI is InChI=1S/C53H88O21/c1-24(2)10-9-16-53(66,23-68-46-41(64)39(62)36(59)29(20-54)70-46)27-13-18-51(7)26(27)11-12-32-50(6)17-15-33(49(4,5)31(50)14-19-52(32,51)8)72-48-44(74-47-42(65)38(61)34(57)25(3)69-47)43(37(60)30(21-55)71-48)73-45-40(63)35(58)28(56)22-67-45/h9-10,25-48,54-66H,1,11-23H2,2-8H3/b10-9+/t25-,26+,27-,28+,29+,30+,31+,32-,33-,34-,35-,36+,37+,38+,39-,40+,41+,42+,43-,44+,45-,46+,47-,48-,50-,51+,52+,53+/m0/s1. The number of hydrogen-bond acceptors (Lipinski definition) is 21. The highest BCUT2D eigenvalue weighted by atomic mass is 16.8. The molecule has 21 heteroatoms. The van der Waals surface area contributed by atoms with Crippen LogP contribution in [-0.4, -0.2) is 221 Å². The summed E-state index contributed by atoms with van der Waals surface area (Å²) in [4.78, 5) is 0. The van der Waals surface area contributed by atoms with Gasteiger partial charge in [0.05, 0.1) is 44.2 Å². The maximum Gasteiger partial charge on any atom is 0.187 e. The summed E-state index contributed by atoms with van der Waals surface area (Å²) in [7, 11) is 0. The van der Waals surface area contributed by atoms with Crippen molar-refractivity contribution in [3.63, 3.8) is 0 Å². The summed E-state index contributed by atoms with van der Waals surface area (Å²) in [6.45, 7) is 17.0. The zero-order valence-electron chi connectivity index (χ0n) is 44.0. The van der Waals surface area contributed by atoms with Crippen molar-refractivity contribution in [3.05, 3.63) is 24.3 Å². The van der Waals surface area contributed by atoms with Crippen LogP contribution in [0.5, 0.6) is 0 Å². The average Bonchev–Trinajstić information content (AvgIpc) is 3.72. The van der Waals surface area contributed by atoms with Crippen LogP contribution >= 0.6 is 0 Å². The fraction of sp³-hybridized carbons (Fsp3) is 0.925. The van der Waals surface area contributed by atoms with Crippen LogP contribution < -0.4 is 0 Å². The highest BCUT2D eigenvalue weighted by molar-refractivity contribution is 5.20. The van der Waals surface area contributed by atoms with Crippen LogP contribution in [0.3, 0.4) is 0 Å². The zero-order valence-corrected chi connectivity index (χ0v) is 44.0. The van der Waals surface area contributed by atoms with Gasteiger partial charge >= 0.3 is 0 Å². The molecule has 74 heavy (non-hydrogen) atoms. The largest absolute Gasteiger partial charge is 0.394 e. The molecule has 8 fully saturated rings. The second-order valence-corrected chi connectivity index (χ2v) is 24.7. The Bertz CT molecular complexity index is 1940. The van der Waals surface area contributed by atoms with Gasteiger partial charge in [-0.25, -0.2) is 0 Å². The van der Waals surface area contributed by atoms with E-state index in [1.807, 2.05) is 19.1 Å². The van der Waals surface area contributed by atoms with Crippen LogP contribution in [0.2, 0.25) is 0 Å². The van der Waals surface area contributed by atoms with Crippen LogP contribution in [0.15, 0.2) is 24.3 Å². The zero-order chi connectivity index (χ0) is 54.2. The van der Waals surface area contributed by atoms with Gasteiger partial charge in [-0.15, -0.1) is 0 Å². The quantitative estimate of drug-likeness (QED) is 0.0708. The van der Waals surface area contributed by atoms with Gasteiger partial charge in [0.2, 0.25) is 0 Å². The first-order chi connectivity index (χ1) is 34.7. The van der Waals surface area contributed by atoms with Crippen LogP contribution in [-0.2, 0) is 37.9 Å². The third kappa shape index (κ3) is 10.3. The number of aliphatic hydroxyl groups excluding tert-OH is 12. The van der Waals surface area contributed by atoms with E-state index in [-0.39, 0.29) is 52.9 Å². The van der Waals surface area contributed by atoms with Crippen molar-refractivity contribution < 1.29 is 104 Å². The van der Waals surface area contributed by atoms with E-state index in [9.17, 15) is 66.4 Å². The molecule has 8 aliphatic rings. The number of hydrogen-bond donors (Lipinski definition) is 13. The molecule has 0 aromatic carbocycles. The molecule has 13 N–H and O–H groups in total. The Kier molecular flexibility index (Phi) is 17.7. The van der Waals surface area contributed by atoms with Gasteiger partial charge in [0.15, 0.2) is 25.2 Å². The Hall–Kier alpha value is -1.36. The Balaban J connectivity index is 1.03. The number of aliphatic hydroxyl groups is 13. The van der Waals surface area contributed by atoms with E-state index in [0.29, 0.717) is 6.42 Å². The maximum atomic E-state index is 12.9. The smallest absolute Gasteiger partial charge is 0.187 e. The van der Waals surface area contributed by atoms with E-state index in [0.717, 1.165) is 50.5 Å². The SMILES string of the molecule is C=C(C)/C=C/C[C@@](O)(CO[C@@H]1O[C@H](CO)[C@@H](O)[C@H](O)[C@H]1O)[C@H]1CC[C@]2(C)[C@@H]1CC[C@H]1[C@@]3(C)CC[C@H](O[C@@H]4O[C@H](CO)[C@@H](O)[C@H](O[C@@H]5OC[C@@H](O)[C@H](O)[C@H]5O)[C@H]4O[C@@H]4O[C@@H](C)[C@H](O)[C@@H](O)[C@H]4O)C(C)(C)[C@H]3CC[C@]12C. The molecule has 0 unspecified atom stereocenters. The van der Waals surface area contributed by atoms with E-state index in [4.69, 9.17) is 37.9 Å². The first-order valence-corrected chi connectivity index (χ1v) is 26.9. The molecule has 28 atom stereocenters. The molecule has 4 heterocycles. The van der Waals surface area contributed by atoms with Crippen molar-refractivity contribution in [3.8, 4) is 0 Å². The van der Waals surface area contributed by atoms with Gasteiger partial charge in [0.1, 0.15) is 85.5 Å². The minimum atomic E-state index is -1.78. The van der Waals surface area contributed by atoms with Crippen molar-refractivity contribution >= 4 is 0 Å². The molecule has 0 aromatic rings. The molecule has 0 aromatic heterocycles. The highest BCUT2D eigenvalue weighted by Crippen LogP contribution is 2.76. The molecule has 0 spiro atoms. The average molecular weight is 1060 g/mol. The summed E-state index contributed by atoms with van der Waals surface area (Å²) in [5, 5.41) is 141. The second kappa shape index (κ2) is 22.3. The maximum absolute atomic E-state index is 12.9. The molecular formula is C53H88O21. The molecule has 8 rings (SSSR count). The Morgan fingerprint density at radius 3 is 1.91 bits per heavy atom. The molecule has 4 aliphatic carbocycles. The number of ether oxygens (including phenoxy) is 8. The van der Waals surface area contributed by atoms with Crippen LogP contribution in [0.25, 0.3) is 0 Å². The number of allylic oxidation sites excluding steroid dienone is 2. The van der Waals surface area contributed by atoms with Gasteiger partial charge in [-0.1, -0.05) is 58.9 Å². The third-order valence-corrected chi connectivity index (χ3v) is 20.2. The molecule has 0 radical (unpaired) electrons. The lowest BCUT2D eigenvalue weighted by Crippen LogP contribution is -2.67. The lowest BCUT2D eigenvalue weighted by Gasteiger charge is -2.70. The van der Waals surface area contributed by atoms with Crippen molar-refractivity contribution in [2.45, 2.75) is 235 Å². The molecule has 426 valence electrons. The van der Waals surface area contributed by atoms with Gasteiger partial charge < -0.3 is 104 Å². The second-order valence-electron chi connectivity index (χ2n) is 24.7. The summed E-state index contributed by atoms with van der Waals surface area (Å²) in [5.41, 5.74) is -1.67. The molecule has 4 saturated carbocycles. The Morgan fingerprint density at radius 1 is 0.622 bits per heavy atom. The predicted octanol–water partition coefficient (Wildman–Crippen LogP) is -0.758. The minimum absolute atomic E-state index is 0.0936. The minimum Gasteiger partial charge on any atom is -0.394 e. The van der Waals surface area contributed by atoms with Crippen molar-refractivity contribution in [1.82, 2.24) is 0 Å². The normalized spacial score (nSPS) is 52.4. The lowest BCUT2D eigenvalue weighted by molar-refractivity contribution is -0.395. The first kappa shape index (κ1) is 58.8. The fourth-order valence-corrected chi connectivity index (χ4v) is 15.8. The van der Waals surface area contributed by atoms with Gasteiger partial charge in [-0.3, -0.25) is 0 Å². The van der Waals surface area contributed by atoms with Gasteiger partial charge in [-0.2, -0.15) is 0 Å². The molecular weight excluding hydrogens is 973 g/mol. The van der Waals surface area contributed by atoms with E-state index >= 15 is 0 Å². The summed E-state index contributed by atoms with van der Waals surface area (Å²) in [6, 6.07) is 0. The number of fused-ring (bicyclic) bond motifs is 5. The summed E-state index contributed by atoms with van der Waals surface area (Å²) < 4.78 is 49.1. The van der Waals surface area contributed by atoms with E-state index < -0.39 is 154 Å². The Morgan fingerprint density at radius 2 is 1.23 bits per heavy atom. The summed E-state index contributed by atoms with van der Waals surface area (Å²) in [5.74, 6) is 0.274. The predicted molar refractivity (Wildman–Crippen MR) is 259 cm³/mol. The van der Waals surface area contributed by atoms with E-state index in [2.05, 4.69) is 41.2 Å². The van der Waals surface area contributed by atoms with E-state index in [1.54, 1.807) is 0 Å². The summed E-state index contributed by atoms with van der Waals surface area (Å²) >= 11 is 0. The van der Waals surface area contributed by atoms with Crippen LogP contribution in [0.1, 0.15) is 106 Å². The third-order valence-electron chi connectivity index (χ3n) is 20.2. The molecule has 21 nitrogen and oxygen atoms in total. The number of rotatable bonds is 15. The fourth-order valence-electron chi connectivity index (χ4n) is 15.8.